The highest BCUT2D eigenvalue weighted by atomic mass is 15.1. The smallest absolute Gasteiger partial charge is 0.0372 e. The van der Waals surface area contributed by atoms with Crippen LogP contribution in [-0.4, -0.2) is 13.1 Å². The van der Waals surface area contributed by atoms with Crippen LogP contribution in [0.15, 0.2) is 36.4 Å². The third-order valence-electron chi connectivity index (χ3n) is 3.32. The number of nitrogen functional groups attached to an aromatic ring is 1. The molecule has 2 heteroatoms. The molecule has 2 N–H and O–H groups in total. The number of rotatable bonds is 1. The summed E-state index contributed by atoms with van der Waals surface area (Å²) in [4.78, 5) is 2.45. The molecule has 3 rings (SSSR count). The second-order valence-corrected chi connectivity index (χ2v) is 4.49. The van der Waals surface area contributed by atoms with Crippen molar-refractivity contribution in [3.05, 3.63) is 36.4 Å². The lowest BCUT2D eigenvalue weighted by Crippen LogP contribution is -2.17. The maximum Gasteiger partial charge on any atom is 0.0372 e. The van der Waals surface area contributed by atoms with Crippen LogP contribution in [0.5, 0.6) is 0 Å². The van der Waals surface area contributed by atoms with Crippen LogP contribution in [0, 0.1) is 0 Å². The maximum absolute atomic E-state index is 5.77. The van der Waals surface area contributed by atoms with Crippen molar-refractivity contribution >= 4 is 22.1 Å². The van der Waals surface area contributed by atoms with Crippen LogP contribution in [0.4, 0.5) is 11.4 Å². The van der Waals surface area contributed by atoms with Gasteiger partial charge in [-0.25, -0.2) is 0 Å². The molecule has 0 bridgehead atoms. The molecule has 1 aliphatic heterocycles. The van der Waals surface area contributed by atoms with E-state index in [1.54, 1.807) is 0 Å². The van der Waals surface area contributed by atoms with Gasteiger partial charge in [0.2, 0.25) is 0 Å². The van der Waals surface area contributed by atoms with Crippen LogP contribution in [-0.2, 0) is 0 Å². The summed E-state index contributed by atoms with van der Waals surface area (Å²) in [5, 5.41) is 2.50. The molecule has 16 heavy (non-hydrogen) atoms. The lowest BCUT2D eigenvalue weighted by Gasteiger charge is -2.18. The van der Waals surface area contributed by atoms with E-state index >= 15 is 0 Å². The number of nitrogens with zero attached hydrogens (tertiary/aromatic N) is 1. The number of benzene rings is 2. The van der Waals surface area contributed by atoms with Crippen molar-refractivity contribution in [2.75, 3.05) is 23.7 Å². The van der Waals surface area contributed by atoms with Gasteiger partial charge in [0.25, 0.3) is 0 Å². The second-order valence-electron chi connectivity index (χ2n) is 4.49. The van der Waals surface area contributed by atoms with E-state index in [0.29, 0.717) is 0 Å². The van der Waals surface area contributed by atoms with Gasteiger partial charge in [0.05, 0.1) is 0 Å². The van der Waals surface area contributed by atoms with E-state index in [-0.39, 0.29) is 0 Å². The van der Waals surface area contributed by atoms with Gasteiger partial charge in [-0.1, -0.05) is 12.1 Å². The van der Waals surface area contributed by atoms with Gasteiger partial charge in [-0.15, -0.1) is 0 Å². The molecule has 1 fully saturated rings. The SMILES string of the molecule is Nc1ccc2cc(N3CCCC3)ccc2c1. The first-order valence-corrected chi connectivity index (χ1v) is 5.87. The Morgan fingerprint density at radius 3 is 2.38 bits per heavy atom. The molecular formula is C14H16N2. The first-order chi connectivity index (χ1) is 7.83. The molecule has 0 radical (unpaired) electrons. The number of anilines is 2. The van der Waals surface area contributed by atoms with Crippen molar-refractivity contribution in [3.63, 3.8) is 0 Å². The first kappa shape index (κ1) is 9.52. The summed E-state index contributed by atoms with van der Waals surface area (Å²) in [5.74, 6) is 0. The molecule has 0 aliphatic carbocycles. The minimum absolute atomic E-state index is 0.835. The maximum atomic E-state index is 5.77. The first-order valence-electron chi connectivity index (χ1n) is 5.87. The molecule has 0 spiro atoms. The third kappa shape index (κ3) is 1.60. The Morgan fingerprint density at radius 2 is 1.56 bits per heavy atom. The Morgan fingerprint density at radius 1 is 0.875 bits per heavy atom. The Kier molecular flexibility index (Phi) is 2.21. The Balaban J connectivity index is 2.05. The van der Waals surface area contributed by atoms with Crippen LogP contribution < -0.4 is 10.6 Å². The van der Waals surface area contributed by atoms with Crippen molar-refractivity contribution in [3.8, 4) is 0 Å². The molecule has 1 heterocycles. The van der Waals surface area contributed by atoms with Crippen molar-refractivity contribution in [2.45, 2.75) is 12.8 Å². The molecule has 2 nitrogen and oxygen atoms in total. The predicted octanol–water partition coefficient (Wildman–Crippen LogP) is 3.02. The number of hydrogen-bond donors (Lipinski definition) is 1. The Labute approximate surface area is 95.7 Å². The Hall–Kier alpha value is -1.70. The molecule has 1 aliphatic rings. The van der Waals surface area contributed by atoms with Gasteiger partial charge < -0.3 is 10.6 Å². The molecule has 82 valence electrons. The largest absolute Gasteiger partial charge is 0.399 e. The fraction of sp³-hybridized carbons (Fsp3) is 0.286. The summed E-state index contributed by atoms with van der Waals surface area (Å²) < 4.78 is 0. The molecule has 1 saturated heterocycles. The summed E-state index contributed by atoms with van der Waals surface area (Å²) in [6.45, 7) is 2.39. The van der Waals surface area contributed by atoms with Gasteiger partial charge in [-0.3, -0.25) is 0 Å². The minimum atomic E-state index is 0.835. The standard InChI is InChI=1S/C14H16N2/c15-13-5-3-12-10-14(6-4-11(12)9-13)16-7-1-2-8-16/h3-6,9-10H,1-2,7-8,15H2. The molecule has 0 saturated carbocycles. The molecular weight excluding hydrogens is 196 g/mol. The normalized spacial score (nSPS) is 15.9. The minimum Gasteiger partial charge on any atom is -0.399 e. The highest BCUT2D eigenvalue weighted by Gasteiger charge is 2.12. The number of hydrogen-bond acceptors (Lipinski definition) is 2. The van der Waals surface area contributed by atoms with Crippen LogP contribution in [0.25, 0.3) is 10.8 Å². The van der Waals surface area contributed by atoms with E-state index in [1.807, 2.05) is 12.1 Å². The van der Waals surface area contributed by atoms with E-state index in [0.717, 1.165) is 5.69 Å². The van der Waals surface area contributed by atoms with Crippen LogP contribution in [0.2, 0.25) is 0 Å². The average Bonchev–Trinajstić information content (AvgIpc) is 2.82. The van der Waals surface area contributed by atoms with Crippen molar-refractivity contribution in [1.82, 2.24) is 0 Å². The Bertz CT molecular complexity index is 513. The molecule has 2 aromatic rings. The number of fused-ring (bicyclic) bond motifs is 1. The zero-order valence-electron chi connectivity index (χ0n) is 9.32. The number of nitrogens with two attached hydrogens (primary N) is 1. The van der Waals surface area contributed by atoms with Gasteiger partial charge >= 0.3 is 0 Å². The molecule has 2 aromatic carbocycles. The van der Waals surface area contributed by atoms with E-state index < -0.39 is 0 Å². The molecule has 0 unspecified atom stereocenters. The summed E-state index contributed by atoms with van der Waals surface area (Å²) in [6, 6.07) is 12.7. The van der Waals surface area contributed by atoms with E-state index in [2.05, 4.69) is 29.2 Å². The molecule has 0 amide bonds. The predicted molar refractivity (Wildman–Crippen MR) is 69.8 cm³/mol. The quantitative estimate of drug-likeness (QED) is 0.736. The van der Waals surface area contributed by atoms with Gasteiger partial charge in [-0.05, 0) is 47.9 Å². The van der Waals surface area contributed by atoms with E-state index in [9.17, 15) is 0 Å². The summed E-state index contributed by atoms with van der Waals surface area (Å²) >= 11 is 0. The fourth-order valence-electron chi connectivity index (χ4n) is 2.42. The highest BCUT2D eigenvalue weighted by molar-refractivity contribution is 5.88. The van der Waals surface area contributed by atoms with Gasteiger partial charge in [0.15, 0.2) is 0 Å². The fourth-order valence-corrected chi connectivity index (χ4v) is 2.42. The third-order valence-corrected chi connectivity index (χ3v) is 3.32. The topological polar surface area (TPSA) is 29.3 Å². The van der Waals surface area contributed by atoms with Crippen LogP contribution in [0.1, 0.15) is 12.8 Å². The van der Waals surface area contributed by atoms with E-state index in [1.165, 1.54) is 42.4 Å². The van der Waals surface area contributed by atoms with Crippen molar-refractivity contribution < 1.29 is 0 Å². The summed E-state index contributed by atoms with van der Waals surface area (Å²) in [7, 11) is 0. The van der Waals surface area contributed by atoms with Gasteiger partial charge in [0.1, 0.15) is 0 Å². The van der Waals surface area contributed by atoms with Gasteiger partial charge in [-0.2, -0.15) is 0 Å². The molecule has 0 atom stereocenters. The lowest BCUT2D eigenvalue weighted by molar-refractivity contribution is 0.949. The zero-order chi connectivity index (χ0) is 11.0. The molecule has 0 aromatic heterocycles. The van der Waals surface area contributed by atoms with Crippen LogP contribution in [0.3, 0.4) is 0 Å². The van der Waals surface area contributed by atoms with Crippen LogP contribution >= 0.6 is 0 Å². The summed E-state index contributed by atoms with van der Waals surface area (Å²) in [6.07, 6.45) is 2.64. The summed E-state index contributed by atoms with van der Waals surface area (Å²) in [5.41, 5.74) is 7.95. The van der Waals surface area contributed by atoms with Gasteiger partial charge in [0, 0.05) is 24.5 Å². The zero-order valence-corrected chi connectivity index (χ0v) is 9.32. The second kappa shape index (κ2) is 3.71. The lowest BCUT2D eigenvalue weighted by atomic mass is 10.1. The van der Waals surface area contributed by atoms with Crippen molar-refractivity contribution in [2.24, 2.45) is 0 Å². The van der Waals surface area contributed by atoms with Crippen molar-refractivity contribution in [1.29, 1.82) is 0 Å². The average molecular weight is 212 g/mol. The monoisotopic (exact) mass is 212 g/mol. The highest BCUT2D eigenvalue weighted by Crippen LogP contribution is 2.26. The van der Waals surface area contributed by atoms with E-state index in [4.69, 9.17) is 5.73 Å².